The average molecular weight is 374 g/mol. The number of hydrogen-bond acceptors (Lipinski definition) is 6. The van der Waals surface area contributed by atoms with Crippen molar-refractivity contribution in [1.82, 2.24) is 10.1 Å². The molecule has 0 radical (unpaired) electrons. The van der Waals surface area contributed by atoms with Crippen LogP contribution in [-0.2, 0) is 11.5 Å². The molecule has 0 atom stereocenters. The first-order valence-electron chi connectivity index (χ1n) is 7.29. The maximum atomic E-state index is 5.89. The second-order valence-corrected chi connectivity index (χ2v) is 7.73. The van der Waals surface area contributed by atoms with Gasteiger partial charge in [-0.1, -0.05) is 58.5 Å². The van der Waals surface area contributed by atoms with Crippen LogP contribution in [0.15, 0.2) is 58.0 Å². The Bertz CT molecular complexity index is 893. The van der Waals surface area contributed by atoms with E-state index >= 15 is 0 Å². The lowest BCUT2D eigenvalue weighted by Crippen LogP contribution is -1.96. The minimum atomic E-state index is 0.505. The molecule has 0 saturated heterocycles. The highest BCUT2D eigenvalue weighted by Gasteiger charge is 2.15. The third-order valence-electron chi connectivity index (χ3n) is 3.44. The molecule has 0 fully saturated rings. The van der Waals surface area contributed by atoms with Crippen molar-refractivity contribution in [3.63, 3.8) is 0 Å². The number of aliphatic imine (C=N–C) groups is 1. The topological polar surface area (TPSA) is 51.3 Å². The quantitative estimate of drug-likeness (QED) is 0.601. The van der Waals surface area contributed by atoms with Gasteiger partial charge in [0, 0.05) is 16.3 Å². The number of rotatable bonds is 3. The van der Waals surface area contributed by atoms with Gasteiger partial charge in [-0.15, -0.1) is 0 Å². The number of benzene rings is 2. The number of aromatic nitrogens is 2. The number of fused-ring (bicyclic) bond motifs is 1. The van der Waals surface area contributed by atoms with E-state index in [1.807, 2.05) is 30.3 Å². The van der Waals surface area contributed by atoms with Gasteiger partial charge in [0.05, 0.1) is 11.4 Å². The highest BCUT2D eigenvalue weighted by atomic mass is 35.5. The average Bonchev–Trinajstić information content (AvgIpc) is 3.09. The van der Waals surface area contributed by atoms with Crippen molar-refractivity contribution < 1.29 is 4.52 Å². The van der Waals surface area contributed by atoms with Crippen molar-refractivity contribution in [2.24, 2.45) is 4.99 Å². The molecule has 1 aliphatic rings. The second kappa shape index (κ2) is 7.01. The number of hydrogen-bond donors (Lipinski definition) is 0. The first-order valence-corrected chi connectivity index (χ1v) is 9.63. The van der Waals surface area contributed by atoms with E-state index in [1.165, 1.54) is 5.56 Å². The number of para-hydroxylation sites is 1. The number of nitrogens with zero attached hydrogens (tertiary/aromatic N) is 3. The number of thioether (sulfide) groups is 2. The Morgan fingerprint density at radius 3 is 2.83 bits per heavy atom. The van der Waals surface area contributed by atoms with Gasteiger partial charge in [-0.05, 0) is 35.9 Å². The van der Waals surface area contributed by atoms with Gasteiger partial charge >= 0.3 is 0 Å². The van der Waals surface area contributed by atoms with Crippen LogP contribution in [0.2, 0.25) is 5.02 Å². The van der Waals surface area contributed by atoms with Gasteiger partial charge in [0.15, 0.2) is 5.82 Å². The molecule has 4 nitrogen and oxygen atoms in total. The molecule has 0 saturated carbocycles. The summed E-state index contributed by atoms with van der Waals surface area (Å²) in [6, 6.07) is 15.6. The first kappa shape index (κ1) is 15.7. The van der Waals surface area contributed by atoms with Crippen LogP contribution in [0.3, 0.4) is 0 Å². The van der Waals surface area contributed by atoms with Crippen molar-refractivity contribution in [3.05, 3.63) is 64.9 Å². The van der Waals surface area contributed by atoms with Gasteiger partial charge in [-0.2, -0.15) is 4.98 Å². The van der Waals surface area contributed by atoms with E-state index in [4.69, 9.17) is 16.1 Å². The molecule has 0 N–H and O–H groups in total. The highest BCUT2D eigenvalue weighted by molar-refractivity contribution is 8.38. The summed E-state index contributed by atoms with van der Waals surface area (Å²) in [6.07, 6.45) is 0. The third-order valence-corrected chi connectivity index (χ3v) is 5.93. The van der Waals surface area contributed by atoms with Crippen LogP contribution in [-0.4, -0.2) is 14.5 Å². The zero-order valence-corrected chi connectivity index (χ0v) is 14.9. The van der Waals surface area contributed by atoms with E-state index in [0.29, 0.717) is 22.5 Å². The molecule has 1 aromatic heterocycles. The Hall–Kier alpha value is -1.76. The van der Waals surface area contributed by atoms with Crippen LogP contribution in [0, 0.1) is 0 Å². The summed E-state index contributed by atoms with van der Waals surface area (Å²) in [6.45, 7) is 0. The molecule has 0 unspecified atom stereocenters. The van der Waals surface area contributed by atoms with Crippen LogP contribution < -0.4 is 0 Å². The van der Waals surface area contributed by atoms with E-state index in [2.05, 4.69) is 21.2 Å². The summed E-state index contributed by atoms with van der Waals surface area (Å²) in [5, 5.41) is 4.72. The lowest BCUT2D eigenvalue weighted by Gasteiger charge is -2.13. The maximum absolute atomic E-state index is 5.89. The lowest BCUT2D eigenvalue weighted by atomic mass is 10.2. The molecule has 2 heterocycles. The van der Waals surface area contributed by atoms with Gasteiger partial charge < -0.3 is 4.52 Å². The Morgan fingerprint density at radius 2 is 1.96 bits per heavy atom. The normalized spacial score (nSPS) is 13.5. The van der Waals surface area contributed by atoms with Gasteiger partial charge in [-0.25, -0.2) is 4.99 Å². The first-order chi connectivity index (χ1) is 11.8. The predicted octanol–water partition coefficient (Wildman–Crippen LogP) is 5.56. The van der Waals surface area contributed by atoms with E-state index in [0.717, 1.165) is 21.4 Å². The Labute approximate surface area is 152 Å². The van der Waals surface area contributed by atoms with Crippen molar-refractivity contribution in [2.75, 3.05) is 0 Å². The molecule has 24 heavy (non-hydrogen) atoms. The molecular weight excluding hydrogens is 362 g/mol. The molecule has 4 rings (SSSR count). The van der Waals surface area contributed by atoms with Crippen molar-refractivity contribution in [1.29, 1.82) is 0 Å². The maximum Gasteiger partial charge on any atom is 0.257 e. The Balaban J connectivity index is 1.44. The van der Waals surface area contributed by atoms with Crippen molar-refractivity contribution in [3.8, 4) is 11.5 Å². The van der Waals surface area contributed by atoms with Crippen molar-refractivity contribution >= 4 is 45.2 Å². The van der Waals surface area contributed by atoms with Crippen LogP contribution in [0.1, 0.15) is 11.4 Å². The fourth-order valence-corrected chi connectivity index (χ4v) is 4.27. The summed E-state index contributed by atoms with van der Waals surface area (Å²) in [5.41, 5.74) is 3.19. The molecule has 0 aliphatic carbocycles. The summed E-state index contributed by atoms with van der Waals surface area (Å²) in [4.78, 5) is 9.11. The van der Waals surface area contributed by atoms with Crippen molar-refractivity contribution in [2.45, 2.75) is 11.5 Å². The summed E-state index contributed by atoms with van der Waals surface area (Å²) in [7, 11) is 0. The summed E-state index contributed by atoms with van der Waals surface area (Å²) >= 11 is 9.26. The van der Waals surface area contributed by atoms with E-state index in [-0.39, 0.29) is 0 Å². The van der Waals surface area contributed by atoms with E-state index in [9.17, 15) is 0 Å². The van der Waals surface area contributed by atoms with Crippen LogP contribution >= 0.6 is 35.1 Å². The predicted molar refractivity (Wildman–Crippen MR) is 101 cm³/mol. The van der Waals surface area contributed by atoms with Crippen LogP contribution in [0.4, 0.5) is 5.69 Å². The summed E-state index contributed by atoms with van der Waals surface area (Å²) < 4.78 is 6.36. The van der Waals surface area contributed by atoms with Gasteiger partial charge in [0.2, 0.25) is 0 Å². The van der Waals surface area contributed by atoms with E-state index < -0.39 is 0 Å². The molecule has 1 aliphatic heterocycles. The molecule has 0 bridgehead atoms. The van der Waals surface area contributed by atoms with Gasteiger partial charge in [0.25, 0.3) is 5.89 Å². The Morgan fingerprint density at radius 1 is 1.12 bits per heavy atom. The van der Waals surface area contributed by atoms with E-state index in [1.54, 1.807) is 35.7 Å². The lowest BCUT2D eigenvalue weighted by molar-refractivity contribution is 0.425. The van der Waals surface area contributed by atoms with Crippen LogP contribution in [0.25, 0.3) is 11.5 Å². The standard InChI is InChI=1S/C17H12ClN3OS2/c18-13-7-5-11(6-8-13)16-20-15(21-22-16)10-24-17-19-14-4-2-1-3-12(14)9-23-17/h1-8H,9-10H2. The minimum absolute atomic E-state index is 0.505. The monoisotopic (exact) mass is 373 g/mol. The zero-order valence-electron chi connectivity index (χ0n) is 12.5. The Kier molecular flexibility index (Phi) is 4.60. The fraction of sp³-hybridized carbons (Fsp3) is 0.118. The fourth-order valence-electron chi connectivity index (χ4n) is 2.23. The van der Waals surface area contributed by atoms with Gasteiger partial charge in [0.1, 0.15) is 4.38 Å². The molecule has 120 valence electrons. The molecule has 0 spiro atoms. The van der Waals surface area contributed by atoms with Gasteiger partial charge in [-0.3, -0.25) is 0 Å². The third kappa shape index (κ3) is 3.50. The molecule has 0 amide bonds. The molecular formula is C17H12ClN3OS2. The second-order valence-electron chi connectivity index (χ2n) is 5.11. The minimum Gasteiger partial charge on any atom is -0.334 e. The molecule has 3 aromatic rings. The summed E-state index contributed by atoms with van der Waals surface area (Å²) in [5.74, 6) is 2.74. The smallest absolute Gasteiger partial charge is 0.257 e. The largest absolute Gasteiger partial charge is 0.334 e. The van der Waals surface area contributed by atoms with Crippen LogP contribution in [0.5, 0.6) is 0 Å². The molecule has 2 aromatic carbocycles. The SMILES string of the molecule is Clc1ccc(-c2nc(CSC3=Nc4ccccc4CS3)no2)cc1. The zero-order chi connectivity index (χ0) is 16.4. The highest BCUT2D eigenvalue weighted by Crippen LogP contribution is 2.35. The number of halogens is 1. The molecule has 7 heteroatoms.